The van der Waals surface area contributed by atoms with Crippen LogP contribution in [0.4, 0.5) is 4.79 Å². The van der Waals surface area contributed by atoms with Gasteiger partial charge >= 0.3 is 12.0 Å². The molecular formula is C13H20N2O4S. The number of amides is 2. The molecular weight excluding hydrogens is 280 g/mol. The predicted octanol–water partition coefficient (Wildman–Crippen LogP) is 1.61. The van der Waals surface area contributed by atoms with Crippen molar-refractivity contribution in [3.8, 4) is 0 Å². The third kappa shape index (κ3) is 5.18. The summed E-state index contributed by atoms with van der Waals surface area (Å²) < 4.78 is 4.87. The molecule has 0 radical (unpaired) electrons. The summed E-state index contributed by atoms with van der Waals surface area (Å²) in [5, 5.41) is 11.5. The average Bonchev–Trinajstić information content (AvgIpc) is 2.70. The molecule has 1 rings (SSSR count). The van der Waals surface area contributed by atoms with E-state index in [4.69, 9.17) is 9.84 Å². The van der Waals surface area contributed by atoms with Crippen LogP contribution in [0.1, 0.15) is 15.3 Å². The molecule has 2 N–H and O–H groups in total. The number of carboxylic acids is 1. The summed E-state index contributed by atoms with van der Waals surface area (Å²) in [6.45, 7) is 4.67. The molecule has 0 aromatic carbocycles. The summed E-state index contributed by atoms with van der Waals surface area (Å²) in [6.07, 6.45) is 0. The van der Waals surface area contributed by atoms with Crippen LogP contribution in [-0.4, -0.2) is 48.8 Å². The van der Waals surface area contributed by atoms with Gasteiger partial charge in [-0.25, -0.2) is 4.79 Å². The van der Waals surface area contributed by atoms with E-state index in [2.05, 4.69) is 5.32 Å². The van der Waals surface area contributed by atoms with Crippen LogP contribution in [0.25, 0.3) is 0 Å². The van der Waals surface area contributed by atoms with E-state index in [9.17, 15) is 9.59 Å². The zero-order valence-electron chi connectivity index (χ0n) is 11.9. The minimum absolute atomic E-state index is 0.247. The highest BCUT2D eigenvalue weighted by atomic mass is 32.1. The molecule has 0 unspecified atom stereocenters. The van der Waals surface area contributed by atoms with Crippen molar-refractivity contribution in [2.45, 2.75) is 20.4 Å². The lowest BCUT2D eigenvalue weighted by Gasteiger charge is -2.20. The van der Waals surface area contributed by atoms with Gasteiger partial charge in [-0.1, -0.05) is 0 Å². The number of nitrogens with zero attached hydrogens (tertiary/aromatic N) is 1. The summed E-state index contributed by atoms with van der Waals surface area (Å²) in [5.41, 5.74) is 1.20. The van der Waals surface area contributed by atoms with Crippen molar-refractivity contribution in [1.82, 2.24) is 10.2 Å². The number of ether oxygens (including phenoxy) is 1. The summed E-state index contributed by atoms with van der Waals surface area (Å²) in [5.74, 6) is -1.04. The second kappa shape index (κ2) is 7.86. The second-order valence-corrected chi connectivity index (χ2v) is 5.76. The van der Waals surface area contributed by atoms with Gasteiger partial charge in [0.1, 0.15) is 6.54 Å². The minimum atomic E-state index is -1.04. The quantitative estimate of drug-likeness (QED) is 0.802. The number of aliphatic carboxylic acids is 1. The topological polar surface area (TPSA) is 78.9 Å². The Balaban J connectivity index is 2.54. The number of nitrogens with one attached hydrogen (secondary N) is 1. The van der Waals surface area contributed by atoms with Gasteiger partial charge in [0.05, 0.1) is 13.2 Å². The first-order valence-electron chi connectivity index (χ1n) is 6.23. The van der Waals surface area contributed by atoms with Gasteiger partial charge in [0.15, 0.2) is 0 Å². The van der Waals surface area contributed by atoms with Crippen LogP contribution in [0, 0.1) is 13.8 Å². The molecule has 1 heterocycles. The summed E-state index contributed by atoms with van der Waals surface area (Å²) in [7, 11) is 1.51. The fourth-order valence-electron chi connectivity index (χ4n) is 1.63. The molecule has 0 bridgehead atoms. The fourth-order valence-corrected chi connectivity index (χ4v) is 2.62. The number of methoxy groups -OCH3 is 1. The molecule has 0 spiro atoms. The standard InChI is InChI=1S/C13H20N2O4S/c1-9-6-11(20-10(9)2)7-14-13(18)15(4-5-19-3)8-12(16)17/h6H,4-5,7-8H2,1-3H3,(H,14,18)(H,16,17). The molecule has 20 heavy (non-hydrogen) atoms. The molecule has 0 aliphatic carbocycles. The van der Waals surface area contributed by atoms with Crippen molar-refractivity contribution in [2.24, 2.45) is 0 Å². The molecule has 1 aromatic heterocycles. The fraction of sp³-hybridized carbons (Fsp3) is 0.538. The number of urea groups is 1. The molecule has 0 atom stereocenters. The molecule has 6 nitrogen and oxygen atoms in total. The monoisotopic (exact) mass is 300 g/mol. The number of hydrogen-bond donors (Lipinski definition) is 2. The zero-order chi connectivity index (χ0) is 15.1. The second-order valence-electron chi connectivity index (χ2n) is 4.42. The molecule has 7 heteroatoms. The van der Waals surface area contributed by atoms with Gasteiger partial charge in [0.25, 0.3) is 0 Å². The molecule has 0 aliphatic rings. The molecule has 0 saturated heterocycles. The summed E-state index contributed by atoms with van der Waals surface area (Å²) in [4.78, 5) is 26.2. The molecule has 0 saturated carbocycles. The first-order chi connectivity index (χ1) is 9.43. The van der Waals surface area contributed by atoms with Gasteiger partial charge in [-0.15, -0.1) is 11.3 Å². The number of aryl methyl sites for hydroxylation is 2. The molecule has 0 fully saturated rings. The van der Waals surface area contributed by atoms with E-state index >= 15 is 0 Å². The molecule has 0 aliphatic heterocycles. The Bertz CT molecular complexity index is 453. The zero-order valence-corrected chi connectivity index (χ0v) is 12.7. The lowest BCUT2D eigenvalue weighted by molar-refractivity contribution is -0.137. The Hall–Kier alpha value is -1.60. The maximum Gasteiger partial charge on any atom is 0.323 e. The van der Waals surface area contributed by atoms with Crippen molar-refractivity contribution in [1.29, 1.82) is 0 Å². The lowest BCUT2D eigenvalue weighted by Crippen LogP contribution is -2.43. The first kappa shape index (κ1) is 16.5. The highest BCUT2D eigenvalue weighted by Crippen LogP contribution is 2.20. The van der Waals surface area contributed by atoms with Crippen LogP contribution in [0.5, 0.6) is 0 Å². The van der Waals surface area contributed by atoms with Crippen molar-refractivity contribution in [3.63, 3.8) is 0 Å². The summed E-state index contributed by atoms with van der Waals surface area (Å²) >= 11 is 1.63. The van der Waals surface area contributed by atoms with Crippen LogP contribution in [0.3, 0.4) is 0 Å². The number of carboxylic acid groups (broad SMARTS) is 1. The van der Waals surface area contributed by atoms with Crippen molar-refractivity contribution in [2.75, 3.05) is 26.8 Å². The summed E-state index contributed by atoms with van der Waals surface area (Å²) in [6, 6.07) is 1.63. The van der Waals surface area contributed by atoms with E-state index in [1.54, 1.807) is 11.3 Å². The van der Waals surface area contributed by atoms with Gasteiger partial charge in [0, 0.05) is 23.4 Å². The van der Waals surface area contributed by atoms with Crippen LogP contribution in [-0.2, 0) is 16.1 Å². The molecule has 1 aromatic rings. The van der Waals surface area contributed by atoms with E-state index in [-0.39, 0.29) is 13.1 Å². The smallest absolute Gasteiger partial charge is 0.323 e. The van der Waals surface area contributed by atoms with Gasteiger partial charge in [-0.2, -0.15) is 0 Å². The predicted molar refractivity (Wildman–Crippen MR) is 77.1 cm³/mol. The Morgan fingerprint density at radius 3 is 2.65 bits per heavy atom. The van der Waals surface area contributed by atoms with Crippen molar-refractivity contribution >= 4 is 23.3 Å². The first-order valence-corrected chi connectivity index (χ1v) is 7.05. The third-order valence-corrected chi connectivity index (χ3v) is 3.96. The lowest BCUT2D eigenvalue weighted by atomic mass is 10.3. The van der Waals surface area contributed by atoms with E-state index in [1.807, 2.05) is 19.9 Å². The molecule has 2 amide bonds. The van der Waals surface area contributed by atoms with Crippen LogP contribution in [0.2, 0.25) is 0 Å². The van der Waals surface area contributed by atoms with Gasteiger partial charge in [-0.05, 0) is 25.5 Å². The number of rotatable bonds is 7. The van der Waals surface area contributed by atoms with Crippen LogP contribution < -0.4 is 5.32 Å². The van der Waals surface area contributed by atoms with Crippen molar-refractivity contribution in [3.05, 3.63) is 21.4 Å². The van der Waals surface area contributed by atoms with E-state index in [0.717, 1.165) is 4.88 Å². The Labute approximate surface area is 122 Å². The van der Waals surface area contributed by atoms with E-state index in [0.29, 0.717) is 13.2 Å². The van der Waals surface area contributed by atoms with Gasteiger partial charge in [-0.3, -0.25) is 4.79 Å². The van der Waals surface area contributed by atoms with Crippen molar-refractivity contribution < 1.29 is 19.4 Å². The Morgan fingerprint density at radius 2 is 2.15 bits per heavy atom. The maximum atomic E-state index is 12.0. The number of thiophene rings is 1. The number of hydrogen-bond acceptors (Lipinski definition) is 4. The van der Waals surface area contributed by atoms with Gasteiger partial charge < -0.3 is 20.1 Å². The SMILES string of the molecule is COCCN(CC(=O)O)C(=O)NCc1cc(C)c(C)s1. The third-order valence-electron chi connectivity index (χ3n) is 2.81. The van der Waals surface area contributed by atoms with E-state index < -0.39 is 12.0 Å². The number of carbonyl (C=O) groups excluding carboxylic acids is 1. The largest absolute Gasteiger partial charge is 0.480 e. The maximum absolute atomic E-state index is 12.0. The molecule has 112 valence electrons. The normalized spacial score (nSPS) is 10.3. The van der Waals surface area contributed by atoms with Crippen LogP contribution >= 0.6 is 11.3 Å². The highest BCUT2D eigenvalue weighted by Gasteiger charge is 2.16. The van der Waals surface area contributed by atoms with Crippen LogP contribution in [0.15, 0.2) is 6.07 Å². The minimum Gasteiger partial charge on any atom is -0.480 e. The number of carbonyl (C=O) groups is 2. The van der Waals surface area contributed by atoms with Gasteiger partial charge in [0.2, 0.25) is 0 Å². The Morgan fingerprint density at radius 1 is 1.45 bits per heavy atom. The Kier molecular flexibility index (Phi) is 6.47. The van der Waals surface area contributed by atoms with E-state index in [1.165, 1.54) is 22.5 Å². The average molecular weight is 300 g/mol. The highest BCUT2D eigenvalue weighted by molar-refractivity contribution is 7.12.